The van der Waals surface area contributed by atoms with E-state index < -0.39 is 56.6 Å². The third-order valence-corrected chi connectivity index (χ3v) is 28.5. The van der Waals surface area contributed by atoms with E-state index in [1.165, 1.54) is 36.4 Å². The molecule has 0 fully saturated rings. The summed E-state index contributed by atoms with van der Waals surface area (Å²) in [6.07, 6.45) is 2.10. The van der Waals surface area contributed by atoms with E-state index in [-0.39, 0.29) is 22.3 Å². The maximum atomic E-state index is 16.8. The molecule has 2 nitrogen and oxygen atoms in total. The van der Waals surface area contributed by atoms with Crippen molar-refractivity contribution in [3.05, 3.63) is 74.7 Å². The molecule has 0 unspecified atom stereocenters. The number of H-pyrrole nitrogens is 2. The zero-order valence-electron chi connectivity index (χ0n) is 23.4. The van der Waals surface area contributed by atoms with Crippen LogP contribution in [0.25, 0.3) is 0 Å². The molecule has 0 amide bonds. The SMILES string of the molecule is CC(C)c1cccc(C(C)C)[c]1[Au]([Cl])([c]1c(C(C)C)cccc1C(C)C)(=[c]1[nH]cc[nH]1)([C](F)(F)F)[C](F)(F)F. The quantitative estimate of drug-likeness (QED) is 0.186. The van der Waals surface area contributed by atoms with Gasteiger partial charge in [-0.3, -0.25) is 0 Å². The Balaban J connectivity index is 3.27. The second-order valence-electron chi connectivity index (χ2n) is 10.8. The monoisotopic (exact) mass is 760 g/mol. The topological polar surface area (TPSA) is 31.6 Å². The molecule has 2 aromatic carbocycles. The summed E-state index contributed by atoms with van der Waals surface area (Å²) < 4.78 is 86.0. The molecule has 0 saturated heterocycles. The molecule has 0 spiro atoms. The molecule has 3 rings (SSSR count). The van der Waals surface area contributed by atoms with Gasteiger partial charge in [-0.15, -0.1) is 0 Å². The van der Waals surface area contributed by atoms with Crippen LogP contribution in [0.3, 0.4) is 0 Å². The van der Waals surface area contributed by atoms with Crippen molar-refractivity contribution in [3.63, 3.8) is 0 Å². The van der Waals surface area contributed by atoms with E-state index in [4.69, 9.17) is 9.19 Å². The van der Waals surface area contributed by atoms with Gasteiger partial charge in [-0.05, 0) is 0 Å². The number of halogens is 7. The van der Waals surface area contributed by atoms with Crippen LogP contribution in [0.4, 0.5) is 26.3 Å². The first-order valence-electron chi connectivity index (χ1n) is 12.7. The molecule has 0 saturated carbocycles. The number of aromatic nitrogens is 2. The van der Waals surface area contributed by atoms with Gasteiger partial charge < -0.3 is 0 Å². The second kappa shape index (κ2) is 9.68. The zero-order valence-corrected chi connectivity index (χ0v) is 26.3. The number of hydrogen-bond acceptors (Lipinski definition) is 0. The molecule has 0 radical (unpaired) electrons. The van der Waals surface area contributed by atoms with Crippen molar-refractivity contribution >= 4 is 16.8 Å². The van der Waals surface area contributed by atoms with Crippen molar-refractivity contribution in [2.24, 2.45) is 0 Å². The predicted octanol–water partition coefficient (Wildman–Crippen LogP) is 9.44. The molecule has 10 heteroatoms. The molecular formula is C29H38AuClF6N2. The molecule has 0 atom stereocenters. The van der Waals surface area contributed by atoms with Crippen molar-refractivity contribution in [1.29, 1.82) is 0 Å². The summed E-state index contributed by atoms with van der Waals surface area (Å²) in [5.74, 6) is -2.77. The van der Waals surface area contributed by atoms with Crippen molar-refractivity contribution in [3.8, 4) is 0 Å². The first-order chi connectivity index (χ1) is 17.8. The Morgan fingerprint density at radius 3 is 1.03 bits per heavy atom. The Kier molecular flexibility index (Phi) is 7.89. The van der Waals surface area contributed by atoms with E-state index in [0.717, 1.165) is 12.4 Å². The molecular weight excluding hydrogens is 723 g/mol. The minimum atomic E-state index is -9.62. The van der Waals surface area contributed by atoms with Gasteiger partial charge in [0.05, 0.1) is 0 Å². The molecule has 3 aromatic rings. The van der Waals surface area contributed by atoms with Crippen LogP contribution in [0.15, 0.2) is 48.8 Å². The van der Waals surface area contributed by atoms with Crippen LogP contribution in [0.2, 0.25) is 0 Å². The minimum absolute atomic E-state index is 0.0670. The summed E-state index contributed by atoms with van der Waals surface area (Å²) in [5.41, 5.74) is -0.268. The van der Waals surface area contributed by atoms with Crippen LogP contribution in [-0.2, 0) is 13.0 Å². The average molecular weight is 761 g/mol. The van der Waals surface area contributed by atoms with E-state index in [9.17, 15) is 0 Å². The first-order valence-corrected chi connectivity index (χ1v) is 20.8. The Morgan fingerprint density at radius 1 is 0.564 bits per heavy atom. The van der Waals surface area contributed by atoms with Gasteiger partial charge >= 0.3 is 229 Å². The van der Waals surface area contributed by atoms with Crippen LogP contribution < -0.4 is 7.56 Å². The van der Waals surface area contributed by atoms with Gasteiger partial charge in [0.2, 0.25) is 0 Å². The van der Waals surface area contributed by atoms with E-state index >= 15 is 26.3 Å². The van der Waals surface area contributed by atoms with Gasteiger partial charge in [0.15, 0.2) is 0 Å². The van der Waals surface area contributed by atoms with Gasteiger partial charge in [0.1, 0.15) is 0 Å². The zero-order chi connectivity index (χ0) is 29.8. The Bertz CT molecular complexity index is 1340. The van der Waals surface area contributed by atoms with Crippen molar-refractivity contribution < 1.29 is 39.3 Å². The Hall–Kier alpha value is -1.74. The number of nitrogens with one attached hydrogen (secondary N) is 2. The molecule has 1 aromatic heterocycles. The standard InChI is InChI=1S/2C12H17.C3H4N2.2CF3.Au.ClH/c2*1-9(2)11-6-5-7-12(8-11)10(3)4;1-2-5-3-4-1;2*2-1(3)4;;/h2*5-7,9-10H,1-4H3;1-2,4-5H;;;;1H/q;;;;;+1;/p-1. The third-order valence-electron chi connectivity index (χ3n) is 6.89. The molecule has 2 N–H and O–H groups in total. The average Bonchev–Trinajstić information content (AvgIpc) is 3.37. The molecule has 0 aliphatic heterocycles. The fourth-order valence-electron chi connectivity index (χ4n) is 4.94. The molecule has 1 heterocycles. The van der Waals surface area contributed by atoms with Crippen LogP contribution in [0.1, 0.15) is 101 Å². The first kappa shape index (κ1) is 31.8. The molecule has 0 bridgehead atoms. The summed E-state index contributed by atoms with van der Waals surface area (Å²) in [7, 11) is 7.39. The third kappa shape index (κ3) is 3.57. The van der Waals surface area contributed by atoms with Crippen LogP contribution in [-0.4, -0.2) is 18.8 Å². The number of imidazole rings is 1. The van der Waals surface area contributed by atoms with Crippen LogP contribution >= 0.6 is 9.19 Å². The number of benzene rings is 2. The Labute approximate surface area is 227 Å². The number of aromatic amines is 2. The molecule has 39 heavy (non-hydrogen) atoms. The number of alkyl halides is 6. The molecule has 0 aliphatic rings. The fraction of sp³-hybridized carbons (Fsp3) is 0.483. The summed E-state index contributed by atoms with van der Waals surface area (Å²) in [5, 5.41) is 0. The van der Waals surface area contributed by atoms with Crippen LogP contribution in [0.5, 0.6) is 0 Å². The number of hydrogen-bond donors (Lipinski definition) is 2. The number of rotatable bonds is 6. The van der Waals surface area contributed by atoms with Crippen LogP contribution in [0, 0.1) is 3.63 Å². The van der Waals surface area contributed by atoms with E-state index in [1.54, 1.807) is 55.4 Å². The van der Waals surface area contributed by atoms with Crippen molar-refractivity contribution in [1.82, 2.24) is 9.97 Å². The summed E-state index contributed by atoms with van der Waals surface area (Å²) in [6.45, 7) is 12.8. The predicted molar refractivity (Wildman–Crippen MR) is 145 cm³/mol. The van der Waals surface area contributed by atoms with Gasteiger partial charge in [-0.2, -0.15) is 0 Å². The maximum absolute atomic E-state index is 16.8. The van der Waals surface area contributed by atoms with Crippen molar-refractivity contribution in [2.75, 3.05) is 0 Å². The second-order valence-corrected chi connectivity index (χ2v) is 28.6. The van der Waals surface area contributed by atoms with E-state index in [1.807, 2.05) is 0 Å². The normalized spacial score (nSPS) is 15.4. The van der Waals surface area contributed by atoms with Gasteiger partial charge in [0, 0.05) is 0 Å². The Morgan fingerprint density at radius 2 is 0.821 bits per heavy atom. The van der Waals surface area contributed by atoms with Crippen molar-refractivity contribution in [2.45, 2.75) is 87.8 Å². The molecule has 0 aliphatic carbocycles. The molecule has 224 valence electrons. The summed E-state index contributed by atoms with van der Waals surface area (Å²) in [6, 6.07) is 8.50. The van der Waals surface area contributed by atoms with E-state index in [0.29, 0.717) is 0 Å². The van der Waals surface area contributed by atoms with Gasteiger partial charge in [0.25, 0.3) is 0 Å². The van der Waals surface area contributed by atoms with Gasteiger partial charge in [-0.1, -0.05) is 0 Å². The summed E-state index contributed by atoms with van der Waals surface area (Å²) in [4.78, 5) is 4.77. The summed E-state index contributed by atoms with van der Waals surface area (Å²) >= 11 is -9.62. The van der Waals surface area contributed by atoms with Gasteiger partial charge in [-0.25, -0.2) is 0 Å². The fourth-order valence-corrected chi connectivity index (χ4v) is 24.7. The van der Waals surface area contributed by atoms with E-state index in [2.05, 4.69) is 9.97 Å².